The van der Waals surface area contributed by atoms with Crippen LogP contribution in [0.1, 0.15) is 5.56 Å². The number of nitriles is 1. The van der Waals surface area contributed by atoms with Gasteiger partial charge in [-0.15, -0.1) is 0 Å². The second kappa shape index (κ2) is 5.78. The Morgan fingerprint density at radius 3 is 2.73 bits per heavy atom. The predicted octanol–water partition coefficient (Wildman–Crippen LogP) is 0.841. The van der Waals surface area contributed by atoms with Gasteiger partial charge in [0.15, 0.2) is 0 Å². The van der Waals surface area contributed by atoms with Crippen LogP contribution >= 0.6 is 0 Å². The van der Waals surface area contributed by atoms with Crippen molar-refractivity contribution in [3.05, 3.63) is 35.9 Å². The van der Waals surface area contributed by atoms with Crippen molar-refractivity contribution < 1.29 is 9.53 Å². The van der Waals surface area contributed by atoms with E-state index in [0.29, 0.717) is 0 Å². The standard InChI is InChI=1S/C11H12N2O2/c1-15-11(8-12)13-10(14)7-9-5-3-2-4-6-9/h2-6,11H,7H2,1H3,(H,13,14). The van der Waals surface area contributed by atoms with E-state index in [9.17, 15) is 4.79 Å². The van der Waals surface area contributed by atoms with Crippen LogP contribution in [0.15, 0.2) is 30.3 Å². The minimum absolute atomic E-state index is 0.227. The van der Waals surface area contributed by atoms with Crippen molar-refractivity contribution in [1.82, 2.24) is 5.32 Å². The summed E-state index contributed by atoms with van der Waals surface area (Å²) in [6.45, 7) is 0. The van der Waals surface area contributed by atoms with E-state index in [1.807, 2.05) is 36.4 Å². The van der Waals surface area contributed by atoms with Gasteiger partial charge in [0.25, 0.3) is 0 Å². The second-order valence-electron chi connectivity index (χ2n) is 2.97. The molecule has 1 atom stereocenters. The van der Waals surface area contributed by atoms with Gasteiger partial charge in [-0.25, -0.2) is 0 Å². The molecule has 1 amide bonds. The average molecular weight is 204 g/mol. The molecule has 0 bridgehead atoms. The number of rotatable bonds is 4. The number of methoxy groups -OCH3 is 1. The zero-order valence-corrected chi connectivity index (χ0v) is 8.43. The first kappa shape index (κ1) is 11.2. The third-order valence-corrected chi connectivity index (χ3v) is 1.85. The molecule has 0 aromatic heterocycles. The highest BCUT2D eigenvalue weighted by Crippen LogP contribution is 1.99. The summed E-state index contributed by atoms with van der Waals surface area (Å²) in [5.74, 6) is -0.227. The lowest BCUT2D eigenvalue weighted by Crippen LogP contribution is -2.35. The van der Waals surface area contributed by atoms with Gasteiger partial charge in [0.1, 0.15) is 6.07 Å². The molecular formula is C11H12N2O2. The smallest absolute Gasteiger partial charge is 0.227 e. The molecule has 0 aliphatic heterocycles. The van der Waals surface area contributed by atoms with E-state index in [-0.39, 0.29) is 12.3 Å². The van der Waals surface area contributed by atoms with Gasteiger partial charge >= 0.3 is 0 Å². The fourth-order valence-corrected chi connectivity index (χ4v) is 1.12. The molecule has 0 aliphatic carbocycles. The van der Waals surface area contributed by atoms with Gasteiger partial charge in [-0.1, -0.05) is 30.3 Å². The number of ether oxygens (including phenoxy) is 1. The van der Waals surface area contributed by atoms with Gasteiger partial charge in [0, 0.05) is 7.11 Å². The first-order valence-corrected chi connectivity index (χ1v) is 4.52. The monoisotopic (exact) mass is 204 g/mol. The summed E-state index contributed by atoms with van der Waals surface area (Å²) in [4.78, 5) is 11.4. The number of amides is 1. The Balaban J connectivity index is 2.47. The van der Waals surface area contributed by atoms with E-state index in [4.69, 9.17) is 10.00 Å². The number of carbonyl (C=O) groups excluding carboxylic acids is 1. The first-order chi connectivity index (χ1) is 7.26. The molecule has 1 N–H and O–H groups in total. The molecule has 78 valence electrons. The summed E-state index contributed by atoms with van der Waals surface area (Å²) in [5.41, 5.74) is 0.905. The Morgan fingerprint density at radius 1 is 1.53 bits per heavy atom. The molecule has 1 unspecified atom stereocenters. The number of nitrogens with one attached hydrogen (secondary N) is 1. The normalized spacial score (nSPS) is 11.5. The van der Waals surface area contributed by atoms with Crippen molar-refractivity contribution in [2.75, 3.05) is 7.11 Å². The summed E-state index contributed by atoms with van der Waals surface area (Å²) in [7, 11) is 1.37. The second-order valence-corrected chi connectivity index (χ2v) is 2.97. The topological polar surface area (TPSA) is 62.1 Å². The summed E-state index contributed by atoms with van der Waals surface area (Å²) in [6.07, 6.45) is -0.622. The fourth-order valence-electron chi connectivity index (χ4n) is 1.12. The van der Waals surface area contributed by atoms with Gasteiger partial charge in [0.05, 0.1) is 6.42 Å². The molecular weight excluding hydrogens is 192 g/mol. The zero-order valence-electron chi connectivity index (χ0n) is 8.43. The predicted molar refractivity (Wildman–Crippen MR) is 54.7 cm³/mol. The third kappa shape index (κ3) is 3.79. The molecule has 0 spiro atoms. The lowest BCUT2D eigenvalue weighted by molar-refractivity contribution is -0.123. The molecule has 1 aromatic carbocycles. The quantitative estimate of drug-likeness (QED) is 0.739. The molecule has 1 aromatic rings. The number of carbonyl (C=O) groups is 1. The zero-order chi connectivity index (χ0) is 11.1. The van der Waals surface area contributed by atoms with Crippen LogP contribution in [0.25, 0.3) is 0 Å². The van der Waals surface area contributed by atoms with Gasteiger partial charge < -0.3 is 10.1 Å². The molecule has 0 heterocycles. The molecule has 0 saturated heterocycles. The minimum Gasteiger partial charge on any atom is -0.349 e. The maximum absolute atomic E-state index is 11.4. The number of hydrogen-bond donors (Lipinski definition) is 1. The van der Waals surface area contributed by atoms with E-state index in [1.165, 1.54) is 7.11 Å². The van der Waals surface area contributed by atoms with Crippen LogP contribution in [0, 0.1) is 11.3 Å². The van der Waals surface area contributed by atoms with E-state index in [0.717, 1.165) is 5.56 Å². The van der Waals surface area contributed by atoms with E-state index >= 15 is 0 Å². The van der Waals surface area contributed by atoms with Gasteiger partial charge in [-0.05, 0) is 5.56 Å². The van der Waals surface area contributed by atoms with Crippen LogP contribution in [-0.2, 0) is 16.0 Å². The highest BCUT2D eigenvalue weighted by atomic mass is 16.5. The molecule has 0 radical (unpaired) electrons. The van der Waals surface area contributed by atoms with Crippen LogP contribution in [0.4, 0.5) is 0 Å². The summed E-state index contributed by atoms with van der Waals surface area (Å²) in [5, 5.41) is 11.0. The molecule has 4 nitrogen and oxygen atoms in total. The van der Waals surface area contributed by atoms with Crippen molar-refractivity contribution in [3.8, 4) is 6.07 Å². The Morgan fingerprint density at radius 2 is 2.20 bits per heavy atom. The van der Waals surface area contributed by atoms with Crippen LogP contribution in [0.3, 0.4) is 0 Å². The van der Waals surface area contributed by atoms with Crippen LogP contribution in [-0.4, -0.2) is 19.2 Å². The third-order valence-electron chi connectivity index (χ3n) is 1.85. The SMILES string of the molecule is COC(C#N)NC(=O)Cc1ccccc1. The van der Waals surface area contributed by atoms with Gasteiger partial charge in [-0.2, -0.15) is 5.26 Å². The van der Waals surface area contributed by atoms with E-state index in [1.54, 1.807) is 0 Å². The van der Waals surface area contributed by atoms with Crippen molar-refractivity contribution in [2.24, 2.45) is 0 Å². The highest BCUT2D eigenvalue weighted by Gasteiger charge is 2.09. The van der Waals surface area contributed by atoms with Crippen LogP contribution in [0.5, 0.6) is 0 Å². The average Bonchev–Trinajstić information content (AvgIpc) is 2.27. The van der Waals surface area contributed by atoms with Crippen LogP contribution in [0.2, 0.25) is 0 Å². The van der Waals surface area contributed by atoms with Crippen molar-refractivity contribution in [3.63, 3.8) is 0 Å². The van der Waals surface area contributed by atoms with Gasteiger partial charge in [-0.3, -0.25) is 4.79 Å². The van der Waals surface area contributed by atoms with E-state index < -0.39 is 6.23 Å². The fraction of sp³-hybridized carbons (Fsp3) is 0.273. The summed E-state index contributed by atoms with van der Waals surface area (Å²) >= 11 is 0. The van der Waals surface area contributed by atoms with E-state index in [2.05, 4.69) is 5.32 Å². The van der Waals surface area contributed by atoms with Crippen molar-refractivity contribution in [1.29, 1.82) is 5.26 Å². The number of benzene rings is 1. The highest BCUT2D eigenvalue weighted by molar-refractivity contribution is 5.78. The first-order valence-electron chi connectivity index (χ1n) is 4.52. The maximum atomic E-state index is 11.4. The lowest BCUT2D eigenvalue weighted by atomic mass is 10.1. The Kier molecular flexibility index (Phi) is 4.32. The Bertz CT molecular complexity index is 357. The summed E-state index contributed by atoms with van der Waals surface area (Å²) < 4.78 is 4.71. The molecule has 4 heteroatoms. The summed E-state index contributed by atoms with van der Waals surface area (Å²) in [6, 6.07) is 11.1. The number of hydrogen-bond acceptors (Lipinski definition) is 3. The Hall–Kier alpha value is -1.86. The molecule has 0 fully saturated rings. The molecule has 15 heavy (non-hydrogen) atoms. The minimum atomic E-state index is -0.874. The van der Waals surface area contributed by atoms with Crippen molar-refractivity contribution in [2.45, 2.75) is 12.6 Å². The largest absolute Gasteiger partial charge is 0.349 e. The lowest BCUT2D eigenvalue weighted by Gasteiger charge is -2.09. The van der Waals surface area contributed by atoms with Crippen LogP contribution < -0.4 is 5.32 Å². The molecule has 0 aliphatic rings. The molecule has 1 rings (SSSR count). The molecule has 0 saturated carbocycles. The van der Waals surface area contributed by atoms with Gasteiger partial charge in [0.2, 0.25) is 12.1 Å². The number of nitrogens with zero attached hydrogens (tertiary/aromatic N) is 1. The maximum Gasteiger partial charge on any atom is 0.227 e. The Labute approximate surface area is 88.5 Å². The van der Waals surface area contributed by atoms with Crippen molar-refractivity contribution >= 4 is 5.91 Å².